The van der Waals surface area contributed by atoms with Gasteiger partial charge in [-0.25, -0.2) is 13.1 Å². The molecular formula is C13H18F3N3O4S. The van der Waals surface area contributed by atoms with Gasteiger partial charge in [-0.3, -0.25) is 9.78 Å². The normalized spacial score (nSPS) is 13.4. The van der Waals surface area contributed by atoms with Crippen LogP contribution in [0.3, 0.4) is 0 Å². The lowest BCUT2D eigenvalue weighted by molar-refractivity contribution is -0.0451. The first-order valence-corrected chi connectivity index (χ1v) is 8.42. The second-order valence-corrected chi connectivity index (χ2v) is 6.65. The summed E-state index contributed by atoms with van der Waals surface area (Å²) in [6.07, 6.45) is 1.29. The molecule has 1 amide bonds. The Bertz CT molecular complexity index is 692. The number of pyridine rings is 1. The third-order valence-electron chi connectivity index (χ3n) is 2.80. The summed E-state index contributed by atoms with van der Waals surface area (Å²) < 4.78 is 65.4. The topological polar surface area (TPSA) is 97.4 Å². The van der Waals surface area contributed by atoms with Crippen LogP contribution in [0.1, 0.15) is 29.9 Å². The highest BCUT2D eigenvalue weighted by molar-refractivity contribution is 7.90. The summed E-state index contributed by atoms with van der Waals surface area (Å²) in [6, 6.07) is 0.254. The highest BCUT2D eigenvalue weighted by Crippen LogP contribution is 2.22. The molecule has 0 aliphatic heterocycles. The van der Waals surface area contributed by atoms with Gasteiger partial charge in [-0.05, 0) is 26.8 Å². The van der Waals surface area contributed by atoms with E-state index in [-0.39, 0.29) is 23.8 Å². The molecule has 0 spiro atoms. The van der Waals surface area contributed by atoms with Crippen LogP contribution < -0.4 is 14.8 Å². The van der Waals surface area contributed by atoms with Gasteiger partial charge in [0.05, 0.1) is 23.5 Å². The Morgan fingerprint density at radius 3 is 2.58 bits per heavy atom. The van der Waals surface area contributed by atoms with Gasteiger partial charge in [0.15, 0.2) is 0 Å². The third kappa shape index (κ3) is 5.34. The lowest BCUT2D eigenvalue weighted by Crippen LogP contribution is -2.43. The highest BCUT2D eigenvalue weighted by Gasteiger charge is 2.46. The lowest BCUT2D eigenvalue weighted by Gasteiger charge is -2.16. The average molecular weight is 369 g/mol. The van der Waals surface area contributed by atoms with E-state index in [0.29, 0.717) is 12.2 Å². The molecule has 0 unspecified atom stereocenters. The van der Waals surface area contributed by atoms with E-state index >= 15 is 0 Å². The fourth-order valence-corrected chi connectivity index (χ4v) is 2.40. The molecule has 0 bridgehead atoms. The molecule has 1 aromatic heterocycles. The minimum absolute atomic E-state index is 0.139. The number of halogens is 3. The van der Waals surface area contributed by atoms with Crippen LogP contribution >= 0.6 is 0 Å². The van der Waals surface area contributed by atoms with Crippen LogP contribution in [0.5, 0.6) is 5.75 Å². The maximum Gasteiger partial charge on any atom is 0.511 e. The average Bonchev–Trinajstić information content (AvgIpc) is 2.45. The molecular weight excluding hydrogens is 351 g/mol. The Morgan fingerprint density at radius 1 is 1.42 bits per heavy atom. The molecule has 0 saturated carbocycles. The van der Waals surface area contributed by atoms with Gasteiger partial charge in [-0.15, -0.1) is 0 Å². The maximum absolute atomic E-state index is 12.3. The van der Waals surface area contributed by atoms with Crippen molar-refractivity contribution >= 4 is 15.9 Å². The number of ether oxygens (including phenoxy) is 1. The first-order valence-electron chi connectivity index (χ1n) is 6.94. The number of alkyl halides is 3. The van der Waals surface area contributed by atoms with E-state index in [1.165, 1.54) is 23.9 Å². The molecule has 0 aromatic carbocycles. The third-order valence-corrected chi connectivity index (χ3v) is 4.13. The highest BCUT2D eigenvalue weighted by atomic mass is 32.2. The largest absolute Gasteiger partial charge is 0.511 e. The molecule has 0 aliphatic carbocycles. The summed E-state index contributed by atoms with van der Waals surface area (Å²) in [6.45, 7) is 4.63. The van der Waals surface area contributed by atoms with Crippen LogP contribution in [-0.4, -0.2) is 44.0 Å². The molecule has 136 valence electrons. The second kappa shape index (κ2) is 7.79. The van der Waals surface area contributed by atoms with Crippen LogP contribution in [0, 0.1) is 6.92 Å². The van der Waals surface area contributed by atoms with Crippen molar-refractivity contribution in [1.29, 1.82) is 0 Å². The summed E-state index contributed by atoms with van der Waals surface area (Å²) in [5.41, 5.74) is -4.67. The maximum atomic E-state index is 12.3. The summed E-state index contributed by atoms with van der Waals surface area (Å²) in [5.74, 6) is -0.223. The van der Waals surface area contributed by atoms with Gasteiger partial charge >= 0.3 is 15.5 Å². The van der Waals surface area contributed by atoms with Gasteiger partial charge in [-0.2, -0.15) is 13.2 Å². The van der Waals surface area contributed by atoms with Crippen LogP contribution in [0.4, 0.5) is 13.2 Å². The minimum atomic E-state index is -5.45. The van der Waals surface area contributed by atoms with Gasteiger partial charge in [0.2, 0.25) is 0 Å². The Morgan fingerprint density at radius 2 is 2.04 bits per heavy atom. The number of amides is 1. The van der Waals surface area contributed by atoms with E-state index in [1.807, 2.05) is 0 Å². The molecule has 0 aliphatic rings. The molecule has 11 heteroatoms. The van der Waals surface area contributed by atoms with Crippen molar-refractivity contribution in [2.24, 2.45) is 0 Å². The molecule has 1 heterocycles. The second-order valence-electron chi connectivity index (χ2n) is 4.94. The predicted molar refractivity (Wildman–Crippen MR) is 80.0 cm³/mol. The number of carbonyl (C=O) groups excluding carboxylic acids is 1. The van der Waals surface area contributed by atoms with Crippen LogP contribution in [-0.2, 0) is 10.0 Å². The van der Waals surface area contributed by atoms with Crippen LogP contribution in [0.15, 0.2) is 12.3 Å². The van der Waals surface area contributed by atoms with Crippen molar-refractivity contribution in [2.75, 3.05) is 13.2 Å². The lowest BCUT2D eigenvalue weighted by atomic mass is 10.2. The Balaban J connectivity index is 2.74. The van der Waals surface area contributed by atoms with E-state index in [9.17, 15) is 26.4 Å². The molecule has 2 N–H and O–H groups in total. The summed E-state index contributed by atoms with van der Waals surface area (Å²) in [5, 5.41) is 2.59. The molecule has 1 atom stereocenters. The molecule has 1 aromatic rings. The zero-order valence-corrected chi connectivity index (χ0v) is 14.1. The van der Waals surface area contributed by atoms with Gasteiger partial charge in [0, 0.05) is 6.54 Å². The Labute approximate surface area is 137 Å². The van der Waals surface area contributed by atoms with Crippen molar-refractivity contribution in [1.82, 2.24) is 15.0 Å². The minimum Gasteiger partial charge on any atom is -0.490 e. The first kappa shape index (κ1) is 20.2. The molecule has 0 fully saturated rings. The van der Waals surface area contributed by atoms with E-state index in [4.69, 9.17) is 4.74 Å². The predicted octanol–water partition coefficient (Wildman–Crippen LogP) is 1.35. The standard InChI is InChI=1S/C13H18F3N3O4S/c1-4-17-12(20)11-5-10(6-18-9(11)3)23-7-8(2)19-24(21,22)13(14,15)16/h5-6,8,19H,4,7H2,1-3H3,(H,17,20)/t8-/m0/s1. The fraction of sp³-hybridized carbons (Fsp3) is 0.538. The number of hydrogen-bond acceptors (Lipinski definition) is 5. The first-order chi connectivity index (χ1) is 11.0. The quantitative estimate of drug-likeness (QED) is 0.756. The zero-order valence-electron chi connectivity index (χ0n) is 13.3. The van der Waals surface area contributed by atoms with Gasteiger partial charge < -0.3 is 10.1 Å². The zero-order chi connectivity index (χ0) is 18.5. The number of nitrogens with one attached hydrogen (secondary N) is 2. The van der Waals surface area contributed by atoms with Crippen molar-refractivity contribution in [3.8, 4) is 5.75 Å². The number of carbonyl (C=O) groups is 1. The van der Waals surface area contributed by atoms with E-state index in [0.717, 1.165) is 0 Å². The SMILES string of the molecule is CCNC(=O)c1cc(OC[C@H](C)NS(=O)(=O)C(F)(F)F)cnc1C. The number of hydrogen-bond donors (Lipinski definition) is 2. The Kier molecular flexibility index (Phi) is 6.55. The summed E-state index contributed by atoms with van der Waals surface area (Å²) in [7, 11) is -5.45. The van der Waals surface area contributed by atoms with Gasteiger partial charge in [-0.1, -0.05) is 0 Å². The van der Waals surface area contributed by atoms with Gasteiger partial charge in [0.25, 0.3) is 5.91 Å². The molecule has 24 heavy (non-hydrogen) atoms. The van der Waals surface area contributed by atoms with Crippen molar-refractivity contribution in [2.45, 2.75) is 32.3 Å². The molecule has 0 saturated heterocycles. The fourth-order valence-electron chi connectivity index (χ4n) is 1.67. The summed E-state index contributed by atoms with van der Waals surface area (Å²) in [4.78, 5) is 15.8. The van der Waals surface area contributed by atoms with E-state index in [2.05, 4.69) is 10.3 Å². The number of nitrogens with zero attached hydrogens (tertiary/aromatic N) is 1. The molecule has 1 rings (SSSR count). The monoisotopic (exact) mass is 369 g/mol. The number of aryl methyl sites for hydroxylation is 1. The number of aromatic nitrogens is 1. The van der Waals surface area contributed by atoms with Gasteiger partial charge in [0.1, 0.15) is 12.4 Å². The smallest absolute Gasteiger partial charge is 0.490 e. The van der Waals surface area contributed by atoms with Crippen LogP contribution in [0.25, 0.3) is 0 Å². The number of sulfonamides is 1. The van der Waals surface area contributed by atoms with Crippen LogP contribution in [0.2, 0.25) is 0 Å². The number of rotatable bonds is 7. The van der Waals surface area contributed by atoms with Crippen molar-refractivity contribution in [3.05, 3.63) is 23.5 Å². The summed E-state index contributed by atoms with van der Waals surface area (Å²) >= 11 is 0. The Hall–Kier alpha value is -1.88. The molecule has 0 radical (unpaired) electrons. The van der Waals surface area contributed by atoms with E-state index < -0.39 is 21.6 Å². The van der Waals surface area contributed by atoms with Crippen molar-refractivity contribution < 1.29 is 31.1 Å². The van der Waals surface area contributed by atoms with E-state index in [1.54, 1.807) is 13.8 Å². The molecule has 7 nitrogen and oxygen atoms in total. The van der Waals surface area contributed by atoms with Crippen molar-refractivity contribution in [3.63, 3.8) is 0 Å².